The van der Waals surface area contributed by atoms with E-state index in [1.54, 1.807) is 6.20 Å². The molecule has 1 aromatic heterocycles. The Morgan fingerprint density at radius 3 is 2.50 bits per heavy atom. The molecule has 1 unspecified atom stereocenters. The molecule has 3 aromatic rings. The maximum absolute atomic E-state index is 12.6. The molecule has 0 fully saturated rings. The maximum Gasteiger partial charge on any atom is 0.226 e. The normalized spacial score (nSPS) is 11.8. The third kappa shape index (κ3) is 4.25. The first kappa shape index (κ1) is 17.6. The standard InChI is InChI=1S/C21H21N3O2/c1-14-8-10-16(11-9-14)19(23-15(2)25)13-20(26)24-18-7-3-5-17-6-4-12-22-21(17)18/h3-12,19H,13H2,1-2H3,(H,23,25)(H,24,26). The fourth-order valence-electron chi connectivity index (χ4n) is 2.89. The van der Waals surface area contributed by atoms with E-state index in [9.17, 15) is 9.59 Å². The SMILES string of the molecule is CC(=O)NC(CC(=O)Nc1cccc2cccnc12)c1ccc(C)cc1. The minimum absolute atomic E-state index is 0.145. The second kappa shape index (κ2) is 7.78. The van der Waals surface area contributed by atoms with Crippen LogP contribution in [-0.2, 0) is 9.59 Å². The molecule has 132 valence electrons. The molecular formula is C21H21N3O2. The summed E-state index contributed by atoms with van der Waals surface area (Å²) in [7, 11) is 0. The predicted octanol–water partition coefficient (Wildman–Crippen LogP) is 3.75. The molecule has 5 heteroatoms. The minimum atomic E-state index is -0.379. The Morgan fingerprint density at radius 2 is 1.77 bits per heavy atom. The van der Waals surface area contributed by atoms with Gasteiger partial charge >= 0.3 is 0 Å². The van der Waals surface area contributed by atoms with Crippen LogP contribution in [0.3, 0.4) is 0 Å². The van der Waals surface area contributed by atoms with Gasteiger partial charge in [0.25, 0.3) is 0 Å². The molecule has 2 N–H and O–H groups in total. The smallest absolute Gasteiger partial charge is 0.226 e. The molecule has 1 heterocycles. The van der Waals surface area contributed by atoms with E-state index in [0.29, 0.717) is 5.69 Å². The van der Waals surface area contributed by atoms with Crippen LogP contribution in [0.4, 0.5) is 5.69 Å². The summed E-state index contributed by atoms with van der Waals surface area (Å²) in [5.41, 5.74) is 3.44. The van der Waals surface area contributed by atoms with Crippen molar-refractivity contribution < 1.29 is 9.59 Å². The Balaban J connectivity index is 1.79. The van der Waals surface area contributed by atoms with Crippen LogP contribution in [-0.4, -0.2) is 16.8 Å². The van der Waals surface area contributed by atoms with E-state index in [0.717, 1.165) is 22.0 Å². The summed E-state index contributed by atoms with van der Waals surface area (Å²) in [6, 6.07) is 16.9. The summed E-state index contributed by atoms with van der Waals surface area (Å²) in [5, 5.41) is 6.73. The van der Waals surface area contributed by atoms with Gasteiger partial charge < -0.3 is 10.6 Å². The molecule has 0 radical (unpaired) electrons. The van der Waals surface area contributed by atoms with Crippen molar-refractivity contribution in [2.45, 2.75) is 26.3 Å². The highest BCUT2D eigenvalue weighted by Crippen LogP contribution is 2.23. The molecule has 0 aliphatic heterocycles. The Hall–Kier alpha value is -3.21. The van der Waals surface area contributed by atoms with Crippen LogP contribution in [0.25, 0.3) is 10.9 Å². The number of fused-ring (bicyclic) bond motifs is 1. The topological polar surface area (TPSA) is 71.1 Å². The number of pyridine rings is 1. The fraction of sp³-hybridized carbons (Fsp3) is 0.190. The van der Waals surface area contributed by atoms with E-state index in [1.165, 1.54) is 6.92 Å². The van der Waals surface area contributed by atoms with Crippen LogP contribution in [0.2, 0.25) is 0 Å². The summed E-state index contributed by atoms with van der Waals surface area (Å²) in [6.07, 6.45) is 1.84. The molecule has 0 saturated carbocycles. The number of carbonyl (C=O) groups is 2. The van der Waals surface area contributed by atoms with Crippen molar-refractivity contribution in [2.75, 3.05) is 5.32 Å². The second-order valence-corrected chi connectivity index (χ2v) is 6.30. The van der Waals surface area contributed by atoms with Gasteiger partial charge in [-0.15, -0.1) is 0 Å². The molecule has 5 nitrogen and oxygen atoms in total. The van der Waals surface area contributed by atoms with E-state index in [2.05, 4.69) is 15.6 Å². The number of aromatic nitrogens is 1. The highest BCUT2D eigenvalue weighted by molar-refractivity contribution is 6.00. The Bertz CT molecular complexity index is 930. The van der Waals surface area contributed by atoms with Gasteiger partial charge in [0.05, 0.1) is 23.7 Å². The number of para-hydroxylation sites is 1. The van der Waals surface area contributed by atoms with Crippen molar-refractivity contribution in [3.63, 3.8) is 0 Å². The molecule has 2 aromatic carbocycles. The van der Waals surface area contributed by atoms with E-state index in [4.69, 9.17) is 0 Å². The molecule has 0 spiro atoms. The third-order valence-corrected chi connectivity index (χ3v) is 4.15. The Kier molecular flexibility index (Phi) is 5.27. The molecule has 0 aliphatic carbocycles. The van der Waals surface area contributed by atoms with E-state index in [-0.39, 0.29) is 24.3 Å². The van der Waals surface area contributed by atoms with Crippen LogP contribution in [0.1, 0.15) is 30.5 Å². The Morgan fingerprint density at radius 1 is 1.04 bits per heavy atom. The lowest BCUT2D eigenvalue weighted by Crippen LogP contribution is -2.29. The van der Waals surface area contributed by atoms with Crippen LogP contribution in [0.5, 0.6) is 0 Å². The van der Waals surface area contributed by atoms with Gasteiger partial charge in [-0.1, -0.05) is 48.0 Å². The van der Waals surface area contributed by atoms with Gasteiger partial charge in [-0.05, 0) is 24.6 Å². The first-order chi connectivity index (χ1) is 12.5. The van der Waals surface area contributed by atoms with Crippen molar-refractivity contribution in [1.29, 1.82) is 0 Å². The highest BCUT2D eigenvalue weighted by atomic mass is 16.2. The van der Waals surface area contributed by atoms with Crippen molar-refractivity contribution >= 4 is 28.4 Å². The summed E-state index contributed by atoms with van der Waals surface area (Å²) in [6.45, 7) is 3.45. The van der Waals surface area contributed by atoms with Crippen molar-refractivity contribution in [3.05, 3.63) is 71.9 Å². The van der Waals surface area contributed by atoms with E-state index in [1.807, 2.05) is 61.5 Å². The van der Waals surface area contributed by atoms with Crippen LogP contribution in [0.15, 0.2) is 60.8 Å². The maximum atomic E-state index is 12.6. The van der Waals surface area contributed by atoms with Crippen molar-refractivity contribution in [3.8, 4) is 0 Å². The number of hydrogen-bond donors (Lipinski definition) is 2. The zero-order valence-electron chi connectivity index (χ0n) is 14.8. The molecule has 0 saturated heterocycles. The number of rotatable bonds is 5. The summed E-state index contributed by atoms with van der Waals surface area (Å²) >= 11 is 0. The van der Waals surface area contributed by atoms with E-state index < -0.39 is 0 Å². The number of hydrogen-bond acceptors (Lipinski definition) is 3. The van der Waals surface area contributed by atoms with Gasteiger partial charge in [0.15, 0.2) is 0 Å². The lowest BCUT2D eigenvalue weighted by molar-refractivity contribution is -0.120. The molecule has 0 aliphatic rings. The van der Waals surface area contributed by atoms with Crippen molar-refractivity contribution in [1.82, 2.24) is 10.3 Å². The average molecular weight is 347 g/mol. The quantitative estimate of drug-likeness (QED) is 0.738. The lowest BCUT2D eigenvalue weighted by atomic mass is 10.0. The van der Waals surface area contributed by atoms with Crippen LogP contribution >= 0.6 is 0 Å². The highest BCUT2D eigenvalue weighted by Gasteiger charge is 2.18. The number of amides is 2. The molecule has 1 atom stereocenters. The second-order valence-electron chi connectivity index (χ2n) is 6.30. The molecule has 2 amide bonds. The van der Waals surface area contributed by atoms with Crippen LogP contribution < -0.4 is 10.6 Å². The third-order valence-electron chi connectivity index (χ3n) is 4.15. The van der Waals surface area contributed by atoms with Gasteiger partial charge in [0.1, 0.15) is 0 Å². The largest absolute Gasteiger partial charge is 0.349 e. The van der Waals surface area contributed by atoms with Crippen molar-refractivity contribution in [2.24, 2.45) is 0 Å². The first-order valence-corrected chi connectivity index (χ1v) is 8.50. The molecule has 0 bridgehead atoms. The van der Waals surface area contributed by atoms with Crippen LogP contribution in [0, 0.1) is 6.92 Å². The number of nitrogens with zero attached hydrogens (tertiary/aromatic N) is 1. The van der Waals surface area contributed by atoms with E-state index >= 15 is 0 Å². The molecule has 26 heavy (non-hydrogen) atoms. The number of aryl methyl sites for hydroxylation is 1. The average Bonchev–Trinajstić information content (AvgIpc) is 2.62. The zero-order chi connectivity index (χ0) is 18.5. The number of benzene rings is 2. The van der Waals surface area contributed by atoms with Gasteiger partial charge in [0, 0.05) is 18.5 Å². The lowest BCUT2D eigenvalue weighted by Gasteiger charge is -2.18. The molecular weight excluding hydrogens is 326 g/mol. The summed E-state index contributed by atoms with van der Waals surface area (Å²) in [5.74, 6) is -0.349. The zero-order valence-corrected chi connectivity index (χ0v) is 14.8. The number of carbonyl (C=O) groups excluding carboxylic acids is 2. The fourth-order valence-corrected chi connectivity index (χ4v) is 2.89. The monoisotopic (exact) mass is 347 g/mol. The summed E-state index contributed by atoms with van der Waals surface area (Å²) < 4.78 is 0. The van der Waals surface area contributed by atoms with Gasteiger partial charge in [0.2, 0.25) is 11.8 Å². The number of anilines is 1. The van der Waals surface area contributed by atoms with Gasteiger partial charge in [-0.2, -0.15) is 0 Å². The molecule has 3 rings (SSSR count). The minimum Gasteiger partial charge on any atom is -0.349 e. The summed E-state index contributed by atoms with van der Waals surface area (Å²) in [4.78, 5) is 28.5. The number of nitrogens with one attached hydrogen (secondary N) is 2. The van der Waals surface area contributed by atoms with Gasteiger partial charge in [-0.3, -0.25) is 14.6 Å². The predicted molar refractivity (Wildman–Crippen MR) is 103 cm³/mol. The Labute approximate surface area is 152 Å². The van der Waals surface area contributed by atoms with Gasteiger partial charge in [-0.25, -0.2) is 0 Å². The first-order valence-electron chi connectivity index (χ1n) is 8.50.